The number of hydrogen-bond donors (Lipinski definition) is 1. The number of ether oxygens (including phenoxy) is 1. The molecule has 3 heteroatoms. The molecular formula is C14H17NOS. The van der Waals surface area contributed by atoms with Gasteiger partial charge in [0.1, 0.15) is 5.75 Å². The summed E-state index contributed by atoms with van der Waals surface area (Å²) < 4.78 is 6.64. The third-order valence-electron chi connectivity index (χ3n) is 3.44. The van der Waals surface area contributed by atoms with Crippen molar-refractivity contribution in [3.63, 3.8) is 0 Å². The van der Waals surface area contributed by atoms with Gasteiger partial charge in [-0.1, -0.05) is 0 Å². The zero-order valence-corrected chi connectivity index (χ0v) is 10.8. The van der Waals surface area contributed by atoms with Crippen LogP contribution >= 0.6 is 11.3 Å². The summed E-state index contributed by atoms with van der Waals surface area (Å²) in [5, 5.41) is 4.80. The Balaban J connectivity index is 1.95. The lowest BCUT2D eigenvalue weighted by Crippen LogP contribution is -2.27. The molecule has 1 atom stereocenters. The van der Waals surface area contributed by atoms with Crippen molar-refractivity contribution in [2.24, 2.45) is 0 Å². The van der Waals surface area contributed by atoms with Crippen molar-refractivity contribution >= 4 is 21.4 Å². The first kappa shape index (κ1) is 11.1. The summed E-state index contributed by atoms with van der Waals surface area (Å²) in [6, 6.07) is 8.67. The predicted molar refractivity (Wildman–Crippen MR) is 73.2 cm³/mol. The molecule has 2 aromatic rings. The number of methoxy groups -OCH3 is 1. The lowest BCUT2D eigenvalue weighted by molar-refractivity contribution is 0.415. The second kappa shape index (κ2) is 4.67. The molecule has 0 bridgehead atoms. The molecule has 1 unspecified atom stereocenters. The summed E-state index contributed by atoms with van der Waals surface area (Å²) >= 11 is 1.93. The number of piperidine rings is 1. The van der Waals surface area contributed by atoms with Crippen LogP contribution in [-0.2, 0) is 0 Å². The first-order valence-electron chi connectivity index (χ1n) is 6.15. The van der Waals surface area contributed by atoms with Gasteiger partial charge in [0.2, 0.25) is 0 Å². The zero-order chi connectivity index (χ0) is 11.7. The van der Waals surface area contributed by atoms with Crippen molar-refractivity contribution < 1.29 is 4.74 Å². The molecule has 0 amide bonds. The van der Waals surface area contributed by atoms with Gasteiger partial charge in [-0.3, -0.25) is 0 Å². The van der Waals surface area contributed by atoms with Crippen LogP contribution in [-0.4, -0.2) is 20.2 Å². The van der Waals surface area contributed by atoms with Crippen LogP contribution in [0.25, 0.3) is 10.1 Å². The molecule has 1 aromatic heterocycles. The molecular weight excluding hydrogens is 230 g/mol. The second-order valence-corrected chi connectivity index (χ2v) is 5.71. The van der Waals surface area contributed by atoms with E-state index in [-0.39, 0.29) is 0 Å². The minimum absolute atomic E-state index is 0.701. The SMILES string of the molecule is COc1ccc2sc(C3CCCNC3)cc2c1. The van der Waals surface area contributed by atoms with Crippen LogP contribution in [0.15, 0.2) is 24.3 Å². The molecule has 17 heavy (non-hydrogen) atoms. The van der Waals surface area contributed by atoms with Crippen molar-refractivity contribution in [2.75, 3.05) is 20.2 Å². The highest BCUT2D eigenvalue weighted by molar-refractivity contribution is 7.19. The maximum atomic E-state index is 5.27. The van der Waals surface area contributed by atoms with E-state index in [1.54, 1.807) is 7.11 Å². The summed E-state index contributed by atoms with van der Waals surface area (Å²) in [5.41, 5.74) is 0. The van der Waals surface area contributed by atoms with Crippen molar-refractivity contribution in [1.82, 2.24) is 5.32 Å². The van der Waals surface area contributed by atoms with Crippen LogP contribution < -0.4 is 10.1 Å². The van der Waals surface area contributed by atoms with E-state index in [0.29, 0.717) is 5.92 Å². The van der Waals surface area contributed by atoms with Gasteiger partial charge in [-0.15, -0.1) is 11.3 Å². The Morgan fingerprint density at radius 3 is 3.06 bits per heavy atom. The predicted octanol–water partition coefficient (Wildman–Crippen LogP) is 3.38. The molecule has 1 N–H and O–H groups in total. The Morgan fingerprint density at radius 2 is 2.29 bits per heavy atom. The highest BCUT2D eigenvalue weighted by Gasteiger charge is 2.17. The summed E-state index contributed by atoms with van der Waals surface area (Å²) in [7, 11) is 1.72. The molecule has 90 valence electrons. The number of hydrogen-bond acceptors (Lipinski definition) is 3. The minimum atomic E-state index is 0.701. The summed E-state index contributed by atoms with van der Waals surface area (Å²) in [6.07, 6.45) is 2.61. The lowest BCUT2D eigenvalue weighted by atomic mass is 9.98. The van der Waals surface area contributed by atoms with Gasteiger partial charge < -0.3 is 10.1 Å². The Hall–Kier alpha value is -1.06. The van der Waals surface area contributed by atoms with E-state index in [1.807, 2.05) is 17.4 Å². The van der Waals surface area contributed by atoms with E-state index >= 15 is 0 Å². The molecule has 2 nitrogen and oxygen atoms in total. The summed E-state index contributed by atoms with van der Waals surface area (Å²) in [5.74, 6) is 1.65. The number of rotatable bonds is 2. The molecule has 1 aromatic carbocycles. The third kappa shape index (κ3) is 2.17. The van der Waals surface area contributed by atoms with Gasteiger partial charge in [0, 0.05) is 22.0 Å². The number of thiophene rings is 1. The first-order chi connectivity index (χ1) is 8.36. The van der Waals surface area contributed by atoms with E-state index < -0.39 is 0 Å². The topological polar surface area (TPSA) is 21.3 Å². The van der Waals surface area contributed by atoms with Gasteiger partial charge in [0.15, 0.2) is 0 Å². The van der Waals surface area contributed by atoms with Gasteiger partial charge >= 0.3 is 0 Å². The first-order valence-corrected chi connectivity index (χ1v) is 6.96. The highest BCUT2D eigenvalue weighted by atomic mass is 32.1. The van der Waals surface area contributed by atoms with Gasteiger partial charge in [-0.05, 0) is 49.0 Å². The molecule has 3 rings (SSSR count). The quantitative estimate of drug-likeness (QED) is 0.878. The average Bonchev–Trinajstić information content (AvgIpc) is 2.82. The van der Waals surface area contributed by atoms with E-state index in [0.717, 1.165) is 12.3 Å². The highest BCUT2D eigenvalue weighted by Crippen LogP contribution is 2.35. The van der Waals surface area contributed by atoms with E-state index in [4.69, 9.17) is 4.74 Å². The molecule has 1 aliphatic rings. The Morgan fingerprint density at radius 1 is 1.35 bits per heavy atom. The zero-order valence-electron chi connectivity index (χ0n) is 10.0. The van der Waals surface area contributed by atoms with Crippen LogP contribution in [0, 0.1) is 0 Å². The van der Waals surface area contributed by atoms with Crippen molar-refractivity contribution in [1.29, 1.82) is 0 Å². The average molecular weight is 247 g/mol. The number of fused-ring (bicyclic) bond motifs is 1. The van der Waals surface area contributed by atoms with E-state index in [9.17, 15) is 0 Å². The second-order valence-electron chi connectivity index (χ2n) is 4.60. The minimum Gasteiger partial charge on any atom is -0.497 e. The van der Waals surface area contributed by atoms with Gasteiger partial charge in [-0.2, -0.15) is 0 Å². The smallest absolute Gasteiger partial charge is 0.119 e. The fourth-order valence-electron chi connectivity index (χ4n) is 2.46. The Bertz CT molecular complexity index is 514. The van der Waals surface area contributed by atoms with E-state index in [1.165, 1.54) is 34.3 Å². The number of nitrogens with one attached hydrogen (secondary N) is 1. The van der Waals surface area contributed by atoms with Crippen LogP contribution in [0.2, 0.25) is 0 Å². The van der Waals surface area contributed by atoms with Crippen molar-refractivity contribution in [2.45, 2.75) is 18.8 Å². The van der Waals surface area contributed by atoms with Gasteiger partial charge in [-0.25, -0.2) is 0 Å². The van der Waals surface area contributed by atoms with Gasteiger partial charge in [0.05, 0.1) is 7.11 Å². The normalized spacial score (nSPS) is 20.6. The third-order valence-corrected chi connectivity index (χ3v) is 4.72. The Kier molecular flexibility index (Phi) is 3.04. The molecule has 1 saturated heterocycles. The fraction of sp³-hybridized carbons (Fsp3) is 0.429. The molecule has 0 aliphatic carbocycles. The van der Waals surface area contributed by atoms with E-state index in [2.05, 4.69) is 23.5 Å². The lowest BCUT2D eigenvalue weighted by Gasteiger charge is -2.21. The van der Waals surface area contributed by atoms with Crippen molar-refractivity contribution in [3.05, 3.63) is 29.1 Å². The van der Waals surface area contributed by atoms with Crippen molar-refractivity contribution in [3.8, 4) is 5.75 Å². The van der Waals surface area contributed by atoms with Crippen LogP contribution in [0.3, 0.4) is 0 Å². The molecule has 2 heterocycles. The van der Waals surface area contributed by atoms with Crippen LogP contribution in [0.1, 0.15) is 23.6 Å². The van der Waals surface area contributed by atoms with Gasteiger partial charge in [0.25, 0.3) is 0 Å². The molecule has 1 fully saturated rings. The molecule has 1 aliphatic heterocycles. The Labute approximate surface area is 106 Å². The fourth-order valence-corrected chi connectivity index (χ4v) is 3.64. The molecule has 0 spiro atoms. The van der Waals surface area contributed by atoms with Crippen LogP contribution in [0.5, 0.6) is 5.75 Å². The maximum Gasteiger partial charge on any atom is 0.119 e. The summed E-state index contributed by atoms with van der Waals surface area (Å²) in [6.45, 7) is 2.30. The monoisotopic (exact) mass is 247 g/mol. The molecule has 0 saturated carbocycles. The maximum absolute atomic E-state index is 5.27. The van der Waals surface area contributed by atoms with Crippen LogP contribution in [0.4, 0.5) is 0 Å². The largest absolute Gasteiger partial charge is 0.497 e. The number of benzene rings is 1. The standard InChI is InChI=1S/C14H17NOS/c1-16-12-4-5-13-11(7-12)8-14(17-13)10-3-2-6-15-9-10/h4-5,7-8,10,15H,2-3,6,9H2,1H3. The molecule has 0 radical (unpaired) electrons. The summed E-state index contributed by atoms with van der Waals surface area (Å²) in [4.78, 5) is 1.51.